The van der Waals surface area contributed by atoms with Gasteiger partial charge in [-0.3, -0.25) is 14.6 Å². The minimum Gasteiger partial charge on any atom is -0.376 e. The second-order valence-electron chi connectivity index (χ2n) is 10.5. The van der Waals surface area contributed by atoms with Crippen LogP contribution in [0, 0.1) is 5.92 Å². The van der Waals surface area contributed by atoms with E-state index in [2.05, 4.69) is 28.5 Å². The van der Waals surface area contributed by atoms with Crippen molar-refractivity contribution in [2.75, 3.05) is 18.4 Å². The van der Waals surface area contributed by atoms with Gasteiger partial charge in [0, 0.05) is 54.9 Å². The zero-order valence-electron chi connectivity index (χ0n) is 21.0. The van der Waals surface area contributed by atoms with Gasteiger partial charge in [-0.1, -0.05) is 48.5 Å². The van der Waals surface area contributed by atoms with Crippen LogP contribution in [0.1, 0.15) is 34.0 Å². The molecule has 0 radical (unpaired) electrons. The number of carbonyl (C=O) groups is 1. The maximum absolute atomic E-state index is 13.5. The lowest BCUT2D eigenvalue weighted by Gasteiger charge is -2.43. The lowest BCUT2D eigenvalue weighted by molar-refractivity contribution is 0.0595. The van der Waals surface area contributed by atoms with Crippen LogP contribution < -0.4 is 10.9 Å². The molecular formula is C32H28N4O2. The van der Waals surface area contributed by atoms with Gasteiger partial charge in [0.25, 0.3) is 11.5 Å². The first kappa shape index (κ1) is 22.7. The summed E-state index contributed by atoms with van der Waals surface area (Å²) < 4.78 is 1.93. The molecule has 2 aliphatic heterocycles. The average molecular weight is 501 g/mol. The Hall–Kier alpha value is -4.45. The van der Waals surface area contributed by atoms with Crippen molar-refractivity contribution >= 4 is 33.3 Å². The molecule has 0 saturated carbocycles. The van der Waals surface area contributed by atoms with Crippen LogP contribution in [0.2, 0.25) is 0 Å². The molecule has 1 fully saturated rings. The maximum atomic E-state index is 13.5. The minimum absolute atomic E-state index is 0.0141. The van der Waals surface area contributed by atoms with E-state index in [9.17, 15) is 9.59 Å². The highest BCUT2D eigenvalue weighted by molar-refractivity contribution is 5.98. The summed E-state index contributed by atoms with van der Waals surface area (Å²) in [5, 5.41) is 6.63. The van der Waals surface area contributed by atoms with Crippen molar-refractivity contribution in [3.63, 3.8) is 0 Å². The second-order valence-corrected chi connectivity index (χ2v) is 10.5. The van der Waals surface area contributed by atoms with Gasteiger partial charge in [0.15, 0.2) is 0 Å². The number of nitrogens with one attached hydrogen (secondary N) is 1. The first-order chi connectivity index (χ1) is 18.6. The topological polar surface area (TPSA) is 67.2 Å². The molecule has 188 valence electrons. The smallest absolute Gasteiger partial charge is 0.274 e. The number of anilines is 1. The SMILES string of the molecule is O=C(c1ccc2ccccc2c1)N1C[C@@H]2C[C@H](C1)c1ccc(NCc3cnc4ccccc4c3)c(=O)n1C2. The summed E-state index contributed by atoms with van der Waals surface area (Å²) in [6.07, 6.45) is 2.87. The monoisotopic (exact) mass is 500 g/mol. The number of aromatic nitrogens is 2. The van der Waals surface area contributed by atoms with E-state index in [1.165, 1.54) is 0 Å². The third-order valence-corrected chi connectivity index (χ3v) is 8.02. The van der Waals surface area contributed by atoms with Gasteiger partial charge in [-0.05, 0) is 65.1 Å². The molecule has 1 amide bonds. The molecular weight excluding hydrogens is 472 g/mol. The van der Waals surface area contributed by atoms with E-state index < -0.39 is 0 Å². The van der Waals surface area contributed by atoms with E-state index >= 15 is 0 Å². The largest absolute Gasteiger partial charge is 0.376 e. The highest BCUT2D eigenvalue weighted by Gasteiger charge is 2.37. The number of para-hydroxylation sites is 1. The van der Waals surface area contributed by atoms with E-state index in [1.807, 2.05) is 82.4 Å². The number of benzene rings is 3. The molecule has 0 unspecified atom stereocenters. The van der Waals surface area contributed by atoms with Gasteiger partial charge >= 0.3 is 0 Å². The van der Waals surface area contributed by atoms with Crippen molar-refractivity contribution in [1.29, 1.82) is 0 Å². The fourth-order valence-electron chi connectivity index (χ4n) is 6.16. The van der Waals surface area contributed by atoms with Crippen LogP contribution in [0.25, 0.3) is 21.7 Å². The van der Waals surface area contributed by atoms with Crippen LogP contribution in [0.5, 0.6) is 0 Å². The Kier molecular flexibility index (Phi) is 5.46. The molecule has 1 N–H and O–H groups in total. The standard InChI is InChI=1S/C32H28N4O2/c37-31(26-10-9-23-5-1-2-6-24(23)15-26)35-18-22-14-27(20-35)30-12-11-29(32(38)36(30)19-22)34-17-21-13-25-7-3-4-8-28(25)33-16-21/h1-13,15-16,22,27,34H,14,17-20H2/t22-,27+/m0/s1. The Morgan fingerprint density at radius 1 is 0.868 bits per heavy atom. The number of piperidine rings is 1. The summed E-state index contributed by atoms with van der Waals surface area (Å²) in [5.41, 5.74) is 4.37. The van der Waals surface area contributed by atoms with Crippen LogP contribution in [-0.4, -0.2) is 33.4 Å². The highest BCUT2D eigenvalue weighted by atomic mass is 16.2. The Morgan fingerprint density at radius 2 is 1.68 bits per heavy atom. The fraction of sp³-hybridized carbons (Fsp3) is 0.219. The fourth-order valence-corrected chi connectivity index (χ4v) is 6.16. The van der Waals surface area contributed by atoms with Gasteiger partial charge in [-0.15, -0.1) is 0 Å². The van der Waals surface area contributed by atoms with Crippen molar-refractivity contribution < 1.29 is 4.79 Å². The van der Waals surface area contributed by atoms with Crippen LogP contribution >= 0.6 is 0 Å². The molecule has 1 saturated heterocycles. The van der Waals surface area contributed by atoms with Gasteiger partial charge in [0.2, 0.25) is 0 Å². The second kappa shape index (κ2) is 9.14. The van der Waals surface area contributed by atoms with E-state index in [1.54, 1.807) is 0 Å². The Morgan fingerprint density at radius 3 is 2.58 bits per heavy atom. The van der Waals surface area contributed by atoms with Gasteiger partial charge < -0.3 is 14.8 Å². The third-order valence-electron chi connectivity index (χ3n) is 8.02. The third kappa shape index (κ3) is 4.02. The summed E-state index contributed by atoms with van der Waals surface area (Å²) in [6, 6.07) is 28.1. The van der Waals surface area contributed by atoms with E-state index in [0.717, 1.165) is 44.9 Å². The first-order valence-corrected chi connectivity index (χ1v) is 13.2. The minimum atomic E-state index is 0.0141. The summed E-state index contributed by atoms with van der Waals surface area (Å²) in [5.74, 6) is 0.505. The molecule has 38 heavy (non-hydrogen) atoms. The van der Waals surface area contributed by atoms with Crippen LogP contribution in [0.4, 0.5) is 5.69 Å². The van der Waals surface area contributed by atoms with Crippen molar-refractivity contribution in [3.8, 4) is 0 Å². The summed E-state index contributed by atoms with van der Waals surface area (Å²) in [4.78, 5) is 33.4. The molecule has 6 nitrogen and oxygen atoms in total. The molecule has 6 heteroatoms. The number of amides is 1. The first-order valence-electron chi connectivity index (χ1n) is 13.2. The molecule has 3 aromatic carbocycles. The lowest BCUT2D eigenvalue weighted by atomic mass is 9.83. The summed E-state index contributed by atoms with van der Waals surface area (Å²) in [7, 11) is 0. The Bertz CT molecular complexity index is 1760. The number of fused-ring (bicyclic) bond motifs is 6. The van der Waals surface area contributed by atoms with Crippen LogP contribution in [0.15, 0.2) is 95.9 Å². The zero-order chi connectivity index (χ0) is 25.6. The van der Waals surface area contributed by atoms with Crippen LogP contribution in [-0.2, 0) is 13.1 Å². The number of hydrogen-bond acceptors (Lipinski definition) is 4. The van der Waals surface area contributed by atoms with E-state index in [-0.39, 0.29) is 23.3 Å². The zero-order valence-corrected chi connectivity index (χ0v) is 21.0. The maximum Gasteiger partial charge on any atom is 0.274 e. The molecule has 2 aromatic heterocycles. The predicted octanol–water partition coefficient (Wildman–Crippen LogP) is 5.42. The summed E-state index contributed by atoms with van der Waals surface area (Å²) in [6.45, 7) is 2.48. The van der Waals surface area contributed by atoms with Crippen molar-refractivity contribution in [3.05, 3.63) is 118 Å². The number of carbonyl (C=O) groups excluding carboxylic acids is 1. The van der Waals surface area contributed by atoms with Crippen molar-refractivity contribution in [1.82, 2.24) is 14.5 Å². The van der Waals surface area contributed by atoms with Crippen molar-refractivity contribution in [2.45, 2.75) is 25.4 Å². The van der Waals surface area contributed by atoms with E-state index in [4.69, 9.17) is 0 Å². The van der Waals surface area contributed by atoms with Crippen LogP contribution in [0.3, 0.4) is 0 Å². The molecule has 5 aromatic rings. The van der Waals surface area contributed by atoms with Gasteiger partial charge in [0.1, 0.15) is 5.69 Å². The van der Waals surface area contributed by atoms with E-state index in [0.29, 0.717) is 31.9 Å². The van der Waals surface area contributed by atoms with Gasteiger partial charge in [-0.2, -0.15) is 0 Å². The van der Waals surface area contributed by atoms with Crippen molar-refractivity contribution in [2.24, 2.45) is 5.92 Å². The van der Waals surface area contributed by atoms with Gasteiger partial charge in [0.05, 0.1) is 5.52 Å². The number of pyridine rings is 2. The number of likely N-dealkylation sites (tertiary alicyclic amines) is 1. The average Bonchev–Trinajstić information content (AvgIpc) is 2.96. The Labute approximate surface area is 220 Å². The molecule has 2 bridgehead atoms. The molecule has 7 rings (SSSR count). The van der Waals surface area contributed by atoms with Gasteiger partial charge in [-0.25, -0.2) is 0 Å². The lowest BCUT2D eigenvalue weighted by Crippen LogP contribution is -2.49. The number of rotatable bonds is 4. The highest BCUT2D eigenvalue weighted by Crippen LogP contribution is 2.36. The normalized spacial score (nSPS) is 18.4. The molecule has 2 aliphatic rings. The Balaban J connectivity index is 1.10. The molecule has 4 heterocycles. The number of nitrogens with zero attached hydrogens (tertiary/aromatic N) is 3. The molecule has 2 atom stereocenters. The number of hydrogen-bond donors (Lipinski definition) is 1. The quantitative estimate of drug-likeness (QED) is 0.358. The predicted molar refractivity (Wildman–Crippen MR) is 150 cm³/mol. The molecule has 0 aliphatic carbocycles. The molecule has 0 spiro atoms. The summed E-state index contributed by atoms with van der Waals surface area (Å²) >= 11 is 0.